The smallest absolute Gasteiger partial charge is 0.319 e. The highest BCUT2D eigenvalue weighted by molar-refractivity contribution is 9.10. The second kappa shape index (κ2) is 12.4. The average molecular weight is 619 g/mol. The van der Waals surface area contributed by atoms with Gasteiger partial charge >= 0.3 is 6.03 Å². The lowest BCUT2D eigenvalue weighted by Gasteiger charge is -2.30. The number of aliphatic hydroxyl groups excluding tert-OH is 2. The molecule has 0 unspecified atom stereocenters. The van der Waals surface area contributed by atoms with Crippen LogP contribution < -0.4 is 16.4 Å². The van der Waals surface area contributed by atoms with Crippen molar-refractivity contribution in [3.8, 4) is 0 Å². The molecule has 1 aliphatic rings. The van der Waals surface area contributed by atoms with Gasteiger partial charge in [-0.3, -0.25) is 4.90 Å². The first-order valence-corrected chi connectivity index (χ1v) is 14.3. The summed E-state index contributed by atoms with van der Waals surface area (Å²) in [4.78, 5) is 22.9. The Morgan fingerprint density at radius 3 is 2.55 bits per heavy atom. The number of halogens is 1. The molecule has 6 N–H and O–H groups in total. The Labute approximate surface area is 243 Å². The number of aliphatic hydroxyl groups is 2. The van der Waals surface area contributed by atoms with E-state index in [4.69, 9.17) is 10.5 Å². The summed E-state index contributed by atoms with van der Waals surface area (Å²) in [7, 11) is 0. The second-order valence-corrected chi connectivity index (χ2v) is 12.4. The number of nitrogens with two attached hydrogens (primary N) is 1. The maximum Gasteiger partial charge on any atom is 0.319 e. The van der Waals surface area contributed by atoms with E-state index in [-0.39, 0.29) is 17.5 Å². The van der Waals surface area contributed by atoms with E-state index < -0.39 is 24.5 Å². The van der Waals surface area contributed by atoms with Crippen LogP contribution in [0.3, 0.4) is 0 Å². The number of urea groups is 1. The number of nitrogens with one attached hydrogen (secondary N) is 2. The lowest BCUT2D eigenvalue weighted by atomic mass is 9.87. The molecule has 1 saturated heterocycles. The van der Waals surface area contributed by atoms with Crippen molar-refractivity contribution in [1.29, 1.82) is 0 Å². The summed E-state index contributed by atoms with van der Waals surface area (Å²) in [5.41, 5.74) is 8.52. The fraction of sp³-hybridized carbons (Fsp3) is 0.536. The highest BCUT2D eigenvalue weighted by Crippen LogP contribution is 2.36. The molecule has 0 spiro atoms. The number of benzene rings is 1. The largest absolute Gasteiger partial charge is 0.387 e. The van der Waals surface area contributed by atoms with Crippen LogP contribution in [0.25, 0.3) is 11.0 Å². The number of fused-ring (bicyclic) bond motifs is 1. The van der Waals surface area contributed by atoms with E-state index in [0.29, 0.717) is 47.4 Å². The van der Waals surface area contributed by atoms with E-state index in [9.17, 15) is 15.0 Å². The second-order valence-electron chi connectivity index (χ2n) is 11.5. The van der Waals surface area contributed by atoms with Crippen molar-refractivity contribution >= 4 is 44.5 Å². The number of hydrogen-bond acceptors (Lipinski definition) is 8. The molecule has 12 heteroatoms. The van der Waals surface area contributed by atoms with E-state index in [2.05, 4.69) is 76.1 Å². The Kier molecular flexibility index (Phi) is 9.36. The van der Waals surface area contributed by atoms with Gasteiger partial charge in [0, 0.05) is 42.0 Å². The van der Waals surface area contributed by atoms with Crippen molar-refractivity contribution < 1.29 is 19.7 Å². The van der Waals surface area contributed by atoms with Crippen LogP contribution in [-0.4, -0.2) is 79.7 Å². The summed E-state index contributed by atoms with van der Waals surface area (Å²) in [6, 6.07) is 7.78. The van der Waals surface area contributed by atoms with Crippen LogP contribution in [0.5, 0.6) is 0 Å². The predicted octanol–water partition coefficient (Wildman–Crippen LogP) is 3.61. The Morgan fingerprint density at radius 2 is 1.90 bits per heavy atom. The van der Waals surface area contributed by atoms with Crippen molar-refractivity contribution in [2.75, 3.05) is 30.7 Å². The first kappa shape index (κ1) is 30.2. The zero-order chi connectivity index (χ0) is 29.2. The summed E-state index contributed by atoms with van der Waals surface area (Å²) in [6.45, 7) is 12.1. The van der Waals surface area contributed by atoms with Crippen molar-refractivity contribution in [2.45, 2.75) is 77.0 Å². The van der Waals surface area contributed by atoms with Crippen LogP contribution >= 0.6 is 15.9 Å². The van der Waals surface area contributed by atoms with Crippen molar-refractivity contribution in [3.05, 3.63) is 46.8 Å². The van der Waals surface area contributed by atoms with Gasteiger partial charge in [0.15, 0.2) is 6.23 Å². The highest BCUT2D eigenvalue weighted by atomic mass is 79.9. The molecular formula is C28H40BrN7O4. The number of carbonyl (C=O) groups excluding carboxylic acids is 1. The van der Waals surface area contributed by atoms with Crippen LogP contribution in [0.15, 0.2) is 41.3 Å². The number of nitrogen functional groups attached to an aromatic ring is 1. The number of hydrogen-bond donors (Lipinski definition) is 5. The normalized spacial score (nSPS) is 21.4. The molecule has 0 aliphatic carbocycles. The van der Waals surface area contributed by atoms with Crippen LogP contribution in [0.4, 0.5) is 16.3 Å². The minimum absolute atomic E-state index is 0.0545. The van der Waals surface area contributed by atoms with Crippen LogP contribution in [0.2, 0.25) is 0 Å². The van der Waals surface area contributed by atoms with Gasteiger partial charge in [-0.25, -0.2) is 14.8 Å². The highest BCUT2D eigenvalue weighted by Gasteiger charge is 2.45. The van der Waals surface area contributed by atoms with Gasteiger partial charge in [-0.05, 0) is 59.3 Å². The monoisotopic (exact) mass is 617 g/mol. The molecule has 40 heavy (non-hydrogen) atoms. The molecule has 4 atom stereocenters. The number of anilines is 2. The lowest BCUT2D eigenvalue weighted by Crippen LogP contribution is -2.44. The SMILES string of the molecule is CC(C)N(CCCNC(=O)Nc1ccc(C(C)(C)C)cc1)C[C@@H]1O[C@H](n2cc(Br)c3c(N)ncnc32)[C@H](O)[C@@H]1O. The summed E-state index contributed by atoms with van der Waals surface area (Å²) in [5, 5.41) is 28.1. The van der Waals surface area contributed by atoms with E-state index in [1.165, 1.54) is 11.9 Å². The predicted molar refractivity (Wildman–Crippen MR) is 159 cm³/mol. The summed E-state index contributed by atoms with van der Waals surface area (Å²) in [6.07, 6.45) is 0.0947. The number of amides is 2. The first-order chi connectivity index (χ1) is 18.9. The lowest BCUT2D eigenvalue weighted by molar-refractivity contribution is -0.0466. The number of aromatic nitrogens is 3. The summed E-state index contributed by atoms with van der Waals surface area (Å²) in [5.74, 6) is 0.312. The van der Waals surface area contributed by atoms with Gasteiger partial charge in [-0.1, -0.05) is 32.9 Å². The molecule has 2 amide bonds. The van der Waals surface area contributed by atoms with Gasteiger partial charge in [0.25, 0.3) is 0 Å². The number of rotatable bonds is 9. The minimum atomic E-state index is -1.15. The fourth-order valence-corrected chi connectivity index (χ4v) is 5.47. The topological polar surface area (TPSA) is 151 Å². The van der Waals surface area contributed by atoms with Crippen molar-refractivity contribution in [1.82, 2.24) is 24.8 Å². The molecular weight excluding hydrogens is 578 g/mol. The van der Waals surface area contributed by atoms with Crippen molar-refractivity contribution in [3.63, 3.8) is 0 Å². The van der Waals surface area contributed by atoms with Crippen molar-refractivity contribution in [2.24, 2.45) is 0 Å². The van der Waals surface area contributed by atoms with Gasteiger partial charge in [0.05, 0.1) is 5.39 Å². The molecule has 3 heterocycles. The first-order valence-electron chi connectivity index (χ1n) is 13.5. The third kappa shape index (κ3) is 6.74. The van der Waals surface area contributed by atoms with Gasteiger partial charge in [-0.2, -0.15) is 0 Å². The van der Waals surface area contributed by atoms with Crippen LogP contribution in [0, 0.1) is 0 Å². The zero-order valence-electron chi connectivity index (χ0n) is 23.6. The molecule has 0 saturated carbocycles. The van der Waals surface area contributed by atoms with Gasteiger partial charge < -0.3 is 35.9 Å². The van der Waals surface area contributed by atoms with Crippen LogP contribution in [0.1, 0.15) is 52.8 Å². The molecule has 218 valence electrons. The maximum atomic E-state index is 12.4. The molecule has 1 fully saturated rings. The number of nitrogens with zero attached hydrogens (tertiary/aromatic N) is 4. The van der Waals surface area contributed by atoms with Gasteiger partial charge in [0.2, 0.25) is 0 Å². The molecule has 1 aliphatic heterocycles. The molecule has 2 aromatic heterocycles. The van der Waals surface area contributed by atoms with E-state index in [0.717, 1.165) is 5.69 Å². The van der Waals surface area contributed by atoms with Gasteiger partial charge in [0.1, 0.15) is 36.1 Å². The molecule has 0 bridgehead atoms. The maximum absolute atomic E-state index is 12.4. The number of carbonyl (C=O) groups is 1. The average Bonchev–Trinajstić information content (AvgIpc) is 3.37. The minimum Gasteiger partial charge on any atom is -0.387 e. The van der Waals surface area contributed by atoms with E-state index >= 15 is 0 Å². The summed E-state index contributed by atoms with van der Waals surface area (Å²) < 4.78 is 8.52. The fourth-order valence-electron chi connectivity index (χ4n) is 4.87. The third-order valence-corrected chi connectivity index (χ3v) is 7.87. The Balaban J connectivity index is 1.30. The van der Waals surface area contributed by atoms with E-state index in [1.54, 1.807) is 10.8 Å². The molecule has 1 aromatic carbocycles. The third-order valence-electron chi connectivity index (χ3n) is 7.26. The Hall–Kier alpha value is -2.77. The van der Waals surface area contributed by atoms with Crippen LogP contribution in [-0.2, 0) is 10.2 Å². The quantitative estimate of drug-likeness (QED) is 0.228. The molecule has 0 radical (unpaired) electrons. The zero-order valence-corrected chi connectivity index (χ0v) is 25.2. The Bertz CT molecular complexity index is 1310. The number of ether oxygens (including phenoxy) is 1. The Morgan fingerprint density at radius 1 is 1.20 bits per heavy atom. The molecule has 3 aromatic rings. The summed E-state index contributed by atoms with van der Waals surface area (Å²) >= 11 is 3.48. The van der Waals surface area contributed by atoms with Gasteiger partial charge in [-0.15, -0.1) is 0 Å². The molecule has 4 rings (SSSR count). The molecule has 11 nitrogen and oxygen atoms in total. The standard InChI is InChI=1S/C28H40BrN7O4/c1-16(2)35(12-6-11-31-27(39)34-18-9-7-17(8-10-18)28(3,4)5)14-20-22(37)23(38)26(40-20)36-13-19(29)21-24(30)32-15-33-25(21)36/h7-10,13,15-16,20,22-23,26,37-38H,6,11-12,14H2,1-5H3,(H2,30,32,33)(H2,31,34,39)/t20-,22+,23+,26-/m0/s1. The van der Waals surface area contributed by atoms with E-state index in [1.807, 2.05) is 24.3 Å².